The molecule has 0 unspecified atom stereocenters. The van der Waals surface area contributed by atoms with Gasteiger partial charge in [0, 0.05) is 11.1 Å². The maximum atomic E-state index is 9.95. The lowest BCUT2D eigenvalue weighted by Gasteiger charge is -2.08. The second-order valence-corrected chi connectivity index (χ2v) is 5.40. The summed E-state index contributed by atoms with van der Waals surface area (Å²) in [5.74, 6) is -0.0216. The predicted octanol–water partition coefficient (Wildman–Crippen LogP) is 4.92. The van der Waals surface area contributed by atoms with Crippen molar-refractivity contribution < 1.29 is 5.11 Å². The van der Waals surface area contributed by atoms with Crippen molar-refractivity contribution in [3.8, 4) is 5.88 Å². The lowest BCUT2D eigenvalue weighted by Crippen LogP contribution is -2.06. The third kappa shape index (κ3) is 3.22. The number of aryl methyl sites for hydroxylation is 1. The van der Waals surface area contributed by atoms with E-state index in [1.165, 1.54) is 0 Å². The van der Waals surface area contributed by atoms with Gasteiger partial charge in [-0.05, 0) is 36.3 Å². The van der Waals surface area contributed by atoms with Gasteiger partial charge < -0.3 is 15.4 Å². The normalized spacial score (nSPS) is 11.2. The molecule has 3 N–H and O–H groups in total. The van der Waals surface area contributed by atoms with Crippen LogP contribution in [0.2, 0.25) is 0 Å². The second kappa shape index (κ2) is 6.58. The zero-order valence-corrected chi connectivity index (χ0v) is 13.4. The molecule has 0 aliphatic rings. The number of benzene rings is 2. The van der Waals surface area contributed by atoms with Gasteiger partial charge in [0.15, 0.2) is 5.69 Å². The quantitative estimate of drug-likeness (QED) is 0.473. The number of hydrogen-bond acceptors (Lipinski definition) is 3. The number of aromatic nitrogens is 1. The van der Waals surface area contributed by atoms with Crippen LogP contribution in [0.4, 0.5) is 11.4 Å². The molecular weight excluding hydrogens is 308 g/mol. The van der Waals surface area contributed by atoms with Gasteiger partial charge in [0.2, 0.25) is 11.0 Å². The molecule has 3 rings (SSSR count). The van der Waals surface area contributed by atoms with Crippen LogP contribution in [0.25, 0.3) is 10.9 Å². The Morgan fingerprint density at radius 1 is 1.17 bits per heavy atom. The molecule has 0 bridgehead atoms. The van der Waals surface area contributed by atoms with Crippen LogP contribution in [0.1, 0.15) is 12.5 Å². The molecule has 0 saturated heterocycles. The van der Waals surface area contributed by atoms with Crippen molar-refractivity contribution in [1.29, 1.82) is 0 Å². The Morgan fingerprint density at radius 3 is 2.74 bits per heavy atom. The number of aromatic hydroxyl groups is 1. The SMILES string of the molecule is CCc1ccccc1NC(=S)N=Nc1c(O)[nH]c2ccccc12. The highest BCUT2D eigenvalue weighted by Gasteiger charge is 2.09. The minimum Gasteiger partial charge on any atom is -0.493 e. The number of H-pyrrole nitrogens is 1. The molecule has 5 nitrogen and oxygen atoms in total. The van der Waals surface area contributed by atoms with E-state index in [9.17, 15) is 5.11 Å². The van der Waals surface area contributed by atoms with Crippen molar-refractivity contribution in [2.75, 3.05) is 5.32 Å². The van der Waals surface area contributed by atoms with Crippen LogP contribution in [0, 0.1) is 0 Å². The molecule has 0 radical (unpaired) electrons. The number of aromatic amines is 1. The number of fused-ring (bicyclic) bond motifs is 1. The molecular formula is C17H16N4OS. The zero-order chi connectivity index (χ0) is 16.2. The van der Waals surface area contributed by atoms with E-state index in [1.807, 2.05) is 48.5 Å². The van der Waals surface area contributed by atoms with E-state index in [4.69, 9.17) is 12.2 Å². The summed E-state index contributed by atoms with van der Waals surface area (Å²) in [6.45, 7) is 2.08. The van der Waals surface area contributed by atoms with E-state index < -0.39 is 0 Å². The van der Waals surface area contributed by atoms with Gasteiger partial charge in [-0.3, -0.25) is 0 Å². The summed E-state index contributed by atoms with van der Waals surface area (Å²) >= 11 is 5.22. The highest BCUT2D eigenvalue weighted by molar-refractivity contribution is 7.80. The Balaban J connectivity index is 1.82. The molecule has 1 heterocycles. The number of azo groups is 1. The van der Waals surface area contributed by atoms with Gasteiger partial charge in [-0.25, -0.2) is 0 Å². The monoisotopic (exact) mass is 324 g/mol. The van der Waals surface area contributed by atoms with E-state index in [0.717, 1.165) is 28.6 Å². The van der Waals surface area contributed by atoms with Crippen LogP contribution >= 0.6 is 12.2 Å². The third-order valence-corrected chi connectivity index (χ3v) is 3.72. The Bertz CT molecular complexity index is 885. The minimum absolute atomic E-state index is 0.0216. The Hall–Kier alpha value is -2.73. The average Bonchev–Trinajstić information content (AvgIpc) is 2.88. The minimum atomic E-state index is -0.0216. The van der Waals surface area contributed by atoms with E-state index in [-0.39, 0.29) is 11.0 Å². The summed E-state index contributed by atoms with van der Waals surface area (Å²) in [6, 6.07) is 15.4. The molecule has 0 spiro atoms. The number of hydrogen-bond donors (Lipinski definition) is 3. The molecule has 0 aliphatic carbocycles. The first-order valence-electron chi connectivity index (χ1n) is 7.29. The summed E-state index contributed by atoms with van der Waals surface area (Å²) in [7, 11) is 0. The van der Waals surface area contributed by atoms with Crippen LogP contribution in [0.5, 0.6) is 5.88 Å². The van der Waals surface area contributed by atoms with Crippen molar-refractivity contribution in [2.24, 2.45) is 10.2 Å². The molecule has 23 heavy (non-hydrogen) atoms. The molecule has 0 aliphatic heterocycles. The smallest absolute Gasteiger partial charge is 0.218 e. The summed E-state index contributed by atoms with van der Waals surface area (Å²) in [5, 5.41) is 22.2. The number of para-hydroxylation sites is 2. The van der Waals surface area contributed by atoms with Crippen LogP contribution in [-0.2, 0) is 6.42 Å². The Morgan fingerprint density at radius 2 is 1.91 bits per heavy atom. The lowest BCUT2D eigenvalue weighted by atomic mass is 10.1. The van der Waals surface area contributed by atoms with Gasteiger partial charge in [0.1, 0.15) is 0 Å². The topological polar surface area (TPSA) is 72.8 Å². The summed E-state index contributed by atoms with van der Waals surface area (Å²) in [4.78, 5) is 2.86. The van der Waals surface area contributed by atoms with Crippen LogP contribution < -0.4 is 5.32 Å². The first-order valence-corrected chi connectivity index (χ1v) is 7.70. The first kappa shape index (κ1) is 15.2. The van der Waals surface area contributed by atoms with Crippen LogP contribution in [0.3, 0.4) is 0 Å². The number of anilines is 1. The fraction of sp³-hybridized carbons (Fsp3) is 0.118. The van der Waals surface area contributed by atoms with Gasteiger partial charge in [0.05, 0.1) is 5.52 Å². The molecule has 2 aromatic carbocycles. The maximum Gasteiger partial charge on any atom is 0.218 e. The van der Waals surface area contributed by atoms with Gasteiger partial charge >= 0.3 is 0 Å². The molecule has 0 saturated carbocycles. The Labute approximate surface area is 139 Å². The lowest BCUT2D eigenvalue weighted by molar-refractivity contribution is 0.459. The molecule has 1 aromatic heterocycles. The molecule has 0 atom stereocenters. The Kier molecular flexibility index (Phi) is 4.34. The molecule has 0 amide bonds. The predicted molar refractivity (Wildman–Crippen MR) is 96.5 cm³/mol. The van der Waals surface area contributed by atoms with Crippen molar-refractivity contribution >= 4 is 39.6 Å². The summed E-state index contributed by atoms with van der Waals surface area (Å²) in [6.07, 6.45) is 0.895. The van der Waals surface area contributed by atoms with Gasteiger partial charge in [0.25, 0.3) is 0 Å². The zero-order valence-electron chi connectivity index (χ0n) is 12.6. The highest BCUT2D eigenvalue weighted by Crippen LogP contribution is 2.35. The second-order valence-electron chi connectivity index (χ2n) is 5.01. The van der Waals surface area contributed by atoms with Crippen molar-refractivity contribution in [1.82, 2.24) is 4.98 Å². The third-order valence-electron chi connectivity index (χ3n) is 3.54. The number of nitrogens with zero attached hydrogens (tertiary/aromatic N) is 2. The van der Waals surface area contributed by atoms with Crippen molar-refractivity contribution in [3.63, 3.8) is 0 Å². The van der Waals surface area contributed by atoms with Crippen LogP contribution in [-0.4, -0.2) is 15.2 Å². The standard InChI is InChI=1S/C17H16N4OS/c1-2-11-7-3-5-9-13(11)19-17(23)21-20-15-12-8-4-6-10-14(12)18-16(15)22/h3-10,18,22H,2H2,1H3,(H,19,23). The van der Waals surface area contributed by atoms with Crippen molar-refractivity contribution in [3.05, 3.63) is 54.1 Å². The van der Waals surface area contributed by atoms with Crippen molar-refractivity contribution in [2.45, 2.75) is 13.3 Å². The average molecular weight is 324 g/mol. The van der Waals surface area contributed by atoms with E-state index >= 15 is 0 Å². The van der Waals surface area contributed by atoms with Crippen LogP contribution in [0.15, 0.2) is 58.8 Å². The summed E-state index contributed by atoms with van der Waals surface area (Å²) < 4.78 is 0. The number of thiocarbonyl (C=S) groups is 1. The summed E-state index contributed by atoms with van der Waals surface area (Å²) in [5.41, 5.74) is 3.25. The maximum absolute atomic E-state index is 9.95. The van der Waals surface area contributed by atoms with Gasteiger partial charge in [-0.15, -0.1) is 10.2 Å². The molecule has 0 fully saturated rings. The first-order chi connectivity index (χ1) is 11.2. The number of rotatable bonds is 3. The molecule has 3 aromatic rings. The van der Waals surface area contributed by atoms with Gasteiger partial charge in [-0.1, -0.05) is 43.3 Å². The fourth-order valence-corrected chi connectivity index (χ4v) is 2.55. The van der Waals surface area contributed by atoms with E-state index in [2.05, 4.69) is 27.5 Å². The molecule has 116 valence electrons. The largest absolute Gasteiger partial charge is 0.493 e. The molecule has 6 heteroatoms. The van der Waals surface area contributed by atoms with E-state index in [1.54, 1.807) is 0 Å². The fourth-order valence-electron chi connectivity index (χ4n) is 2.40. The van der Waals surface area contributed by atoms with Gasteiger partial charge in [-0.2, -0.15) is 0 Å². The van der Waals surface area contributed by atoms with E-state index in [0.29, 0.717) is 5.69 Å². The number of nitrogens with one attached hydrogen (secondary N) is 2. The highest BCUT2D eigenvalue weighted by atomic mass is 32.1.